The lowest BCUT2D eigenvalue weighted by Crippen LogP contribution is -2.32. The van der Waals surface area contributed by atoms with Crippen LogP contribution in [0.5, 0.6) is 0 Å². The van der Waals surface area contributed by atoms with Gasteiger partial charge in [0.2, 0.25) is 5.91 Å². The summed E-state index contributed by atoms with van der Waals surface area (Å²) in [6.07, 6.45) is 2.21. The molecule has 1 amide bonds. The van der Waals surface area contributed by atoms with Gasteiger partial charge in [-0.3, -0.25) is 4.79 Å². The van der Waals surface area contributed by atoms with Crippen LogP contribution in [0.1, 0.15) is 19.8 Å². The van der Waals surface area contributed by atoms with Gasteiger partial charge in [0.1, 0.15) is 0 Å². The number of amides is 1. The molecule has 0 saturated carbocycles. The number of unbranched alkanes of at least 4 members (excludes halogenated alkanes) is 1. The van der Waals surface area contributed by atoms with Gasteiger partial charge < -0.3 is 15.4 Å². The van der Waals surface area contributed by atoms with E-state index in [-0.39, 0.29) is 5.91 Å². The van der Waals surface area contributed by atoms with Gasteiger partial charge >= 0.3 is 0 Å². The molecule has 0 heterocycles. The molecule has 0 aromatic heterocycles. The van der Waals surface area contributed by atoms with Crippen molar-refractivity contribution in [3.63, 3.8) is 0 Å². The molecule has 0 saturated heterocycles. The van der Waals surface area contributed by atoms with Gasteiger partial charge in [0.15, 0.2) is 0 Å². The maximum Gasteiger partial charge on any atom is 0.239 e. The average molecular weight is 250 g/mol. The van der Waals surface area contributed by atoms with E-state index in [0.717, 1.165) is 25.1 Å². The summed E-state index contributed by atoms with van der Waals surface area (Å²) in [5.74, 6) is -0.0158. The first-order valence-electron chi connectivity index (χ1n) is 6.46. The Morgan fingerprint density at radius 1 is 1.22 bits per heavy atom. The molecule has 2 N–H and O–H groups in total. The van der Waals surface area contributed by atoms with Crippen molar-refractivity contribution < 1.29 is 9.53 Å². The van der Waals surface area contributed by atoms with Crippen LogP contribution in [0, 0.1) is 0 Å². The quantitative estimate of drug-likeness (QED) is 0.659. The van der Waals surface area contributed by atoms with Crippen molar-refractivity contribution in [2.24, 2.45) is 0 Å². The van der Waals surface area contributed by atoms with Gasteiger partial charge in [0.05, 0.1) is 13.2 Å². The molecule has 0 aliphatic carbocycles. The van der Waals surface area contributed by atoms with E-state index in [4.69, 9.17) is 4.74 Å². The van der Waals surface area contributed by atoms with Crippen LogP contribution in [0.4, 0.5) is 5.69 Å². The minimum absolute atomic E-state index is 0.0158. The normalized spacial score (nSPS) is 10.1. The lowest BCUT2D eigenvalue weighted by molar-refractivity contribution is -0.119. The smallest absolute Gasteiger partial charge is 0.239 e. The molecule has 0 atom stereocenters. The van der Waals surface area contributed by atoms with E-state index < -0.39 is 0 Å². The van der Waals surface area contributed by atoms with Crippen LogP contribution in [0.15, 0.2) is 30.3 Å². The minimum Gasteiger partial charge on any atom is -0.380 e. The topological polar surface area (TPSA) is 50.4 Å². The van der Waals surface area contributed by atoms with Crippen molar-refractivity contribution in [2.45, 2.75) is 19.8 Å². The first-order chi connectivity index (χ1) is 8.83. The second-order valence-corrected chi connectivity index (χ2v) is 4.04. The number of nitrogens with one attached hydrogen (secondary N) is 2. The summed E-state index contributed by atoms with van der Waals surface area (Å²) >= 11 is 0. The zero-order chi connectivity index (χ0) is 13.1. The number of hydrogen-bond donors (Lipinski definition) is 2. The predicted molar refractivity (Wildman–Crippen MR) is 73.7 cm³/mol. The molecular weight excluding hydrogens is 228 g/mol. The fourth-order valence-electron chi connectivity index (χ4n) is 1.41. The fourth-order valence-corrected chi connectivity index (χ4v) is 1.41. The van der Waals surface area contributed by atoms with Crippen molar-refractivity contribution in [1.29, 1.82) is 0 Å². The second-order valence-electron chi connectivity index (χ2n) is 4.04. The average Bonchev–Trinajstić information content (AvgIpc) is 2.41. The number of carbonyl (C=O) groups is 1. The first-order valence-corrected chi connectivity index (χ1v) is 6.46. The third-order valence-electron chi connectivity index (χ3n) is 2.44. The summed E-state index contributed by atoms with van der Waals surface area (Å²) in [6.45, 7) is 4.34. The predicted octanol–water partition coefficient (Wildman–Crippen LogP) is 2.03. The number of ether oxygens (including phenoxy) is 1. The van der Waals surface area contributed by atoms with E-state index in [0.29, 0.717) is 19.7 Å². The third-order valence-corrected chi connectivity index (χ3v) is 2.44. The largest absolute Gasteiger partial charge is 0.380 e. The molecule has 0 aliphatic heterocycles. The number of rotatable bonds is 9. The maximum atomic E-state index is 11.5. The van der Waals surface area contributed by atoms with E-state index >= 15 is 0 Å². The molecule has 18 heavy (non-hydrogen) atoms. The number of anilines is 1. The van der Waals surface area contributed by atoms with Crippen molar-refractivity contribution >= 4 is 11.6 Å². The first kappa shape index (κ1) is 14.5. The Labute approximate surface area is 109 Å². The molecule has 1 rings (SSSR count). The summed E-state index contributed by atoms with van der Waals surface area (Å²) in [5, 5.41) is 5.86. The Bertz CT molecular complexity index is 328. The lowest BCUT2D eigenvalue weighted by atomic mass is 10.3. The summed E-state index contributed by atoms with van der Waals surface area (Å²) in [7, 11) is 0. The van der Waals surface area contributed by atoms with E-state index in [2.05, 4.69) is 17.6 Å². The molecule has 4 heteroatoms. The Morgan fingerprint density at radius 2 is 2.00 bits per heavy atom. The van der Waals surface area contributed by atoms with Crippen molar-refractivity contribution in [3.8, 4) is 0 Å². The van der Waals surface area contributed by atoms with E-state index in [1.807, 2.05) is 30.3 Å². The highest BCUT2D eigenvalue weighted by Gasteiger charge is 1.99. The summed E-state index contributed by atoms with van der Waals surface area (Å²) in [6, 6.07) is 9.67. The zero-order valence-corrected chi connectivity index (χ0v) is 10.9. The van der Waals surface area contributed by atoms with E-state index in [9.17, 15) is 4.79 Å². The van der Waals surface area contributed by atoms with Crippen molar-refractivity contribution in [1.82, 2.24) is 5.32 Å². The Kier molecular flexibility index (Phi) is 7.64. The van der Waals surface area contributed by atoms with Crippen LogP contribution in [0.2, 0.25) is 0 Å². The van der Waals surface area contributed by atoms with Crippen LogP contribution in [-0.2, 0) is 9.53 Å². The molecule has 0 fully saturated rings. The molecule has 1 aromatic rings. The van der Waals surface area contributed by atoms with Gasteiger partial charge in [-0.05, 0) is 18.6 Å². The van der Waals surface area contributed by atoms with Gasteiger partial charge in [0, 0.05) is 18.8 Å². The van der Waals surface area contributed by atoms with Crippen LogP contribution in [-0.4, -0.2) is 32.2 Å². The number of para-hydroxylation sites is 1. The Balaban J connectivity index is 2.01. The van der Waals surface area contributed by atoms with Crippen molar-refractivity contribution in [2.75, 3.05) is 31.6 Å². The van der Waals surface area contributed by atoms with E-state index in [1.165, 1.54) is 0 Å². The minimum atomic E-state index is -0.0158. The number of carbonyl (C=O) groups excluding carboxylic acids is 1. The highest BCUT2D eigenvalue weighted by molar-refractivity contribution is 5.80. The second kappa shape index (κ2) is 9.48. The highest BCUT2D eigenvalue weighted by atomic mass is 16.5. The molecule has 1 aromatic carbocycles. The molecule has 0 aliphatic rings. The van der Waals surface area contributed by atoms with Gasteiger partial charge in [-0.1, -0.05) is 31.5 Å². The fraction of sp³-hybridized carbons (Fsp3) is 0.500. The summed E-state index contributed by atoms with van der Waals surface area (Å²) in [5.41, 5.74) is 0.951. The molecule has 4 nitrogen and oxygen atoms in total. The Morgan fingerprint density at radius 3 is 2.72 bits per heavy atom. The standard InChI is InChI=1S/C14H22N2O2/c1-2-3-10-18-11-9-15-14(17)12-16-13-7-5-4-6-8-13/h4-8,16H,2-3,9-12H2,1H3,(H,15,17). The third kappa shape index (κ3) is 6.91. The molecule has 100 valence electrons. The zero-order valence-electron chi connectivity index (χ0n) is 10.9. The number of hydrogen-bond acceptors (Lipinski definition) is 3. The molecular formula is C14H22N2O2. The summed E-state index contributed by atoms with van der Waals surface area (Å²) in [4.78, 5) is 11.5. The van der Waals surface area contributed by atoms with Crippen LogP contribution >= 0.6 is 0 Å². The molecule has 0 bridgehead atoms. The SMILES string of the molecule is CCCCOCCNC(=O)CNc1ccccc1. The van der Waals surface area contributed by atoms with Gasteiger partial charge in [-0.25, -0.2) is 0 Å². The van der Waals surface area contributed by atoms with Crippen LogP contribution in [0.25, 0.3) is 0 Å². The van der Waals surface area contributed by atoms with Crippen LogP contribution in [0.3, 0.4) is 0 Å². The highest BCUT2D eigenvalue weighted by Crippen LogP contribution is 2.03. The Hall–Kier alpha value is -1.55. The monoisotopic (exact) mass is 250 g/mol. The molecule has 0 radical (unpaired) electrons. The van der Waals surface area contributed by atoms with Gasteiger partial charge in [-0.2, -0.15) is 0 Å². The van der Waals surface area contributed by atoms with Crippen LogP contribution < -0.4 is 10.6 Å². The number of benzene rings is 1. The maximum absolute atomic E-state index is 11.5. The van der Waals surface area contributed by atoms with Crippen molar-refractivity contribution in [3.05, 3.63) is 30.3 Å². The summed E-state index contributed by atoms with van der Waals surface area (Å²) < 4.78 is 5.35. The van der Waals surface area contributed by atoms with Gasteiger partial charge in [-0.15, -0.1) is 0 Å². The van der Waals surface area contributed by atoms with E-state index in [1.54, 1.807) is 0 Å². The lowest BCUT2D eigenvalue weighted by Gasteiger charge is -2.08. The van der Waals surface area contributed by atoms with Gasteiger partial charge in [0.25, 0.3) is 0 Å². The molecule has 0 unspecified atom stereocenters. The molecule has 0 spiro atoms.